The highest BCUT2D eigenvalue weighted by atomic mass is 16.5. The average Bonchev–Trinajstić information content (AvgIpc) is 2.73. The van der Waals surface area contributed by atoms with Crippen LogP contribution in [0.2, 0.25) is 0 Å². The predicted octanol–water partition coefficient (Wildman–Crippen LogP) is 1.12. The number of rotatable bonds is 8. The zero-order valence-electron chi connectivity index (χ0n) is 19.0. The lowest BCUT2D eigenvalue weighted by atomic mass is 9.92. The molecule has 1 amide bonds. The molecule has 1 aromatic carbocycles. The lowest BCUT2D eigenvalue weighted by molar-refractivity contribution is -0.120. The number of methoxy groups -OCH3 is 1. The summed E-state index contributed by atoms with van der Waals surface area (Å²) >= 11 is 0. The van der Waals surface area contributed by atoms with Crippen molar-refractivity contribution >= 4 is 17.4 Å². The zero-order valence-corrected chi connectivity index (χ0v) is 19.0. The van der Waals surface area contributed by atoms with Gasteiger partial charge in [-0.1, -0.05) is 44.2 Å². The number of aromatic nitrogens is 2. The number of H-pyrrole nitrogens is 1. The van der Waals surface area contributed by atoms with Crippen LogP contribution in [0.5, 0.6) is 0 Å². The summed E-state index contributed by atoms with van der Waals surface area (Å²) in [5.74, 6) is 0.721. The van der Waals surface area contributed by atoms with Gasteiger partial charge in [0, 0.05) is 26.7 Å². The largest absolute Gasteiger partial charge is 0.383 e. The van der Waals surface area contributed by atoms with Crippen molar-refractivity contribution in [3.05, 3.63) is 56.7 Å². The van der Waals surface area contributed by atoms with E-state index in [-0.39, 0.29) is 43.7 Å². The minimum absolute atomic E-state index is 0.0133. The quantitative estimate of drug-likeness (QED) is 0.632. The van der Waals surface area contributed by atoms with Gasteiger partial charge in [-0.05, 0) is 23.8 Å². The fourth-order valence-electron chi connectivity index (χ4n) is 4.50. The van der Waals surface area contributed by atoms with Gasteiger partial charge >= 0.3 is 5.69 Å². The Balaban J connectivity index is 1.94. The molecule has 3 N–H and O–H groups in total. The Morgan fingerprint density at radius 2 is 1.84 bits per heavy atom. The van der Waals surface area contributed by atoms with E-state index in [0.29, 0.717) is 11.8 Å². The number of likely N-dealkylation sites (tertiary alicyclic amines) is 1. The molecular weight excluding hydrogens is 410 g/mol. The minimum Gasteiger partial charge on any atom is -0.383 e. The van der Waals surface area contributed by atoms with E-state index < -0.39 is 11.2 Å². The van der Waals surface area contributed by atoms with Crippen molar-refractivity contribution < 1.29 is 9.53 Å². The lowest BCUT2D eigenvalue weighted by Crippen LogP contribution is -2.49. The first-order valence-electron chi connectivity index (χ1n) is 11.0. The van der Waals surface area contributed by atoms with Crippen LogP contribution in [-0.2, 0) is 16.1 Å². The maximum absolute atomic E-state index is 13.3. The fraction of sp³-hybridized carbons (Fsp3) is 0.522. The molecule has 2 heterocycles. The monoisotopic (exact) mass is 443 g/mol. The number of nitrogens with two attached hydrogens (primary N) is 1. The van der Waals surface area contributed by atoms with Gasteiger partial charge in [0.15, 0.2) is 5.69 Å². The van der Waals surface area contributed by atoms with E-state index in [1.807, 2.05) is 30.3 Å². The summed E-state index contributed by atoms with van der Waals surface area (Å²) in [6.07, 6.45) is 1.13. The maximum atomic E-state index is 13.3. The van der Waals surface area contributed by atoms with Crippen molar-refractivity contribution in [1.29, 1.82) is 0 Å². The molecule has 1 aromatic heterocycles. The Bertz CT molecular complexity index is 1020. The second-order valence-electron chi connectivity index (χ2n) is 8.74. The van der Waals surface area contributed by atoms with Crippen molar-refractivity contribution in [3.63, 3.8) is 0 Å². The molecule has 0 saturated carbocycles. The molecule has 0 unspecified atom stereocenters. The SMILES string of the molecule is COCCN(C(=O)CN1C[C@H](C)C[C@H](C)C1)c1c(N)n(Cc2ccccc2)c(=O)[nH]c1=O. The second-order valence-corrected chi connectivity index (χ2v) is 8.74. The maximum Gasteiger partial charge on any atom is 0.330 e. The zero-order chi connectivity index (χ0) is 23.3. The number of aromatic amines is 1. The van der Waals surface area contributed by atoms with Crippen LogP contribution in [0.4, 0.5) is 11.5 Å². The third-order valence-electron chi connectivity index (χ3n) is 5.79. The van der Waals surface area contributed by atoms with E-state index >= 15 is 0 Å². The molecule has 174 valence electrons. The number of hydrogen-bond acceptors (Lipinski definition) is 6. The number of carbonyl (C=O) groups excluding carboxylic acids is 1. The van der Waals surface area contributed by atoms with Crippen LogP contribution in [0, 0.1) is 11.8 Å². The van der Waals surface area contributed by atoms with Crippen molar-refractivity contribution in [2.75, 3.05) is 50.5 Å². The number of nitrogens with one attached hydrogen (secondary N) is 1. The standard InChI is InChI=1S/C23H33N5O4/c1-16-11-17(2)13-26(12-16)15-19(29)27(9-10-32-3)20-21(24)28(23(31)25-22(20)30)14-18-7-5-4-6-8-18/h4-8,16-17H,9-15,24H2,1-3H3,(H,25,30,31)/t16-,17+. The summed E-state index contributed by atoms with van der Waals surface area (Å²) in [6.45, 7) is 6.76. The molecule has 1 saturated heterocycles. The molecule has 9 heteroatoms. The number of nitrogens with zero attached hydrogens (tertiary/aromatic N) is 3. The molecule has 1 fully saturated rings. The summed E-state index contributed by atoms with van der Waals surface area (Å²) in [4.78, 5) is 44.4. The first kappa shape index (κ1) is 23.7. The van der Waals surface area contributed by atoms with Crippen LogP contribution in [0.3, 0.4) is 0 Å². The van der Waals surface area contributed by atoms with Crippen molar-refractivity contribution in [2.24, 2.45) is 11.8 Å². The van der Waals surface area contributed by atoms with Gasteiger partial charge in [0.05, 0.1) is 19.7 Å². The second kappa shape index (κ2) is 10.6. The number of benzene rings is 1. The number of nitrogen functional groups attached to an aromatic ring is 1. The Labute approximate surface area is 187 Å². The number of hydrogen-bond donors (Lipinski definition) is 2. The summed E-state index contributed by atoms with van der Waals surface area (Å²) in [5, 5.41) is 0. The molecule has 0 aliphatic carbocycles. The predicted molar refractivity (Wildman–Crippen MR) is 125 cm³/mol. The summed E-state index contributed by atoms with van der Waals surface area (Å²) in [7, 11) is 1.53. The van der Waals surface area contributed by atoms with Crippen molar-refractivity contribution in [3.8, 4) is 0 Å². The molecule has 0 spiro atoms. The molecular formula is C23H33N5O4. The van der Waals surface area contributed by atoms with Crippen LogP contribution < -0.4 is 21.9 Å². The van der Waals surface area contributed by atoms with Crippen molar-refractivity contribution in [2.45, 2.75) is 26.8 Å². The van der Waals surface area contributed by atoms with E-state index in [4.69, 9.17) is 10.5 Å². The molecule has 0 radical (unpaired) electrons. The van der Waals surface area contributed by atoms with Gasteiger partial charge in [0.1, 0.15) is 5.82 Å². The van der Waals surface area contributed by atoms with Crippen molar-refractivity contribution in [1.82, 2.24) is 14.5 Å². The number of ether oxygens (including phenoxy) is 1. The Kier molecular flexibility index (Phi) is 7.87. The summed E-state index contributed by atoms with van der Waals surface area (Å²) in [6, 6.07) is 9.32. The Morgan fingerprint density at radius 1 is 1.19 bits per heavy atom. The van der Waals surface area contributed by atoms with E-state index in [2.05, 4.69) is 23.7 Å². The lowest BCUT2D eigenvalue weighted by Gasteiger charge is -2.35. The average molecular weight is 444 g/mol. The van der Waals surface area contributed by atoms with E-state index in [1.165, 1.54) is 16.6 Å². The third-order valence-corrected chi connectivity index (χ3v) is 5.79. The number of amides is 1. The number of anilines is 2. The molecule has 32 heavy (non-hydrogen) atoms. The number of piperidine rings is 1. The molecule has 0 bridgehead atoms. The number of carbonyl (C=O) groups is 1. The summed E-state index contributed by atoms with van der Waals surface area (Å²) < 4.78 is 6.45. The first-order chi connectivity index (χ1) is 15.3. The van der Waals surface area contributed by atoms with Crippen LogP contribution in [0.1, 0.15) is 25.8 Å². The fourth-order valence-corrected chi connectivity index (χ4v) is 4.50. The molecule has 2 aromatic rings. The van der Waals surface area contributed by atoms with E-state index in [9.17, 15) is 14.4 Å². The smallest absolute Gasteiger partial charge is 0.330 e. The molecule has 9 nitrogen and oxygen atoms in total. The molecule has 1 aliphatic rings. The van der Waals surface area contributed by atoms with Gasteiger partial charge < -0.3 is 15.4 Å². The van der Waals surface area contributed by atoms with Gasteiger partial charge in [-0.25, -0.2) is 4.79 Å². The highest BCUT2D eigenvalue weighted by Gasteiger charge is 2.28. The Morgan fingerprint density at radius 3 is 2.47 bits per heavy atom. The van der Waals surface area contributed by atoms with E-state index in [1.54, 1.807) is 0 Å². The summed E-state index contributed by atoms with van der Waals surface area (Å²) in [5.41, 5.74) is 5.86. The molecule has 1 aliphatic heterocycles. The topological polar surface area (TPSA) is 114 Å². The van der Waals surface area contributed by atoms with Crippen LogP contribution in [0.25, 0.3) is 0 Å². The van der Waals surface area contributed by atoms with Gasteiger partial charge in [0.2, 0.25) is 5.91 Å². The molecule has 2 atom stereocenters. The van der Waals surface area contributed by atoms with E-state index in [0.717, 1.165) is 25.1 Å². The third kappa shape index (κ3) is 5.66. The first-order valence-corrected chi connectivity index (χ1v) is 11.0. The minimum atomic E-state index is -0.679. The van der Waals surface area contributed by atoms with Gasteiger partial charge in [-0.15, -0.1) is 0 Å². The van der Waals surface area contributed by atoms with Gasteiger partial charge in [-0.2, -0.15) is 0 Å². The van der Waals surface area contributed by atoms with Gasteiger partial charge in [0.25, 0.3) is 5.56 Å². The van der Waals surface area contributed by atoms with Gasteiger partial charge in [-0.3, -0.25) is 24.0 Å². The highest BCUT2D eigenvalue weighted by Crippen LogP contribution is 2.22. The Hall–Kier alpha value is -2.91. The normalized spacial score (nSPS) is 19.1. The molecule has 3 rings (SSSR count). The highest BCUT2D eigenvalue weighted by molar-refractivity contribution is 5.96. The van der Waals surface area contributed by atoms with Crippen LogP contribution >= 0.6 is 0 Å². The van der Waals surface area contributed by atoms with Crippen LogP contribution in [-0.4, -0.2) is 60.3 Å². The van der Waals surface area contributed by atoms with Crippen LogP contribution in [0.15, 0.2) is 39.9 Å².